The average Bonchev–Trinajstić information content (AvgIpc) is 2.83. The fourth-order valence-corrected chi connectivity index (χ4v) is 2.20. The fraction of sp³-hybridized carbons (Fsp3) is 0.500. The van der Waals surface area contributed by atoms with Crippen LogP contribution in [0.1, 0.15) is 12.8 Å². The van der Waals surface area contributed by atoms with Crippen molar-refractivity contribution in [1.29, 1.82) is 0 Å². The molecule has 20 heavy (non-hydrogen) atoms. The van der Waals surface area contributed by atoms with E-state index in [9.17, 15) is 17.3 Å². The number of ether oxygens (including phenoxy) is 1. The number of halogens is 4. The van der Waals surface area contributed by atoms with Crippen LogP contribution in [0.4, 0.5) is 17.3 Å². The van der Waals surface area contributed by atoms with E-state index in [1.807, 2.05) is 0 Å². The minimum atomic E-state index is -5.26. The van der Waals surface area contributed by atoms with E-state index < -0.39 is 18.3 Å². The van der Waals surface area contributed by atoms with E-state index in [-0.39, 0.29) is 63.7 Å². The van der Waals surface area contributed by atoms with Gasteiger partial charge >= 0.3 is 58.4 Å². The van der Waals surface area contributed by atoms with Gasteiger partial charge in [-0.25, -0.2) is 4.39 Å². The summed E-state index contributed by atoms with van der Waals surface area (Å²) in [5.41, 5.74) is -0.999. The van der Waals surface area contributed by atoms with Gasteiger partial charge in [-0.2, -0.15) is 0 Å². The van der Waals surface area contributed by atoms with Gasteiger partial charge in [-0.1, -0.05) is 5.46 Å². The van der Waals surface area contributed by atoms with Gasteiger partial charge in [0.05, 0.1) is 5.75 Å². The van der Waals surface area contributed by atoms with Crippen LogP contribution < -0.4 is 61.6 Å². The molecule has 0 saturated carbocycles. The molecular weight excluding hydrogens is 300 g/mol. The molecule has 1 aliphatic rings. The van der Waals surface area contributed by atoms with Crippen LogP contribution in [0.25, 0.3) is 0 Å². The van der Waals surface area contributed by atoms with Crippen molar-refractivity contribution in [3.05, 3.63) is 24.0 Å². The largest absolute Gasteiger partial charge is 1.00 e. The summed E-state index contributed by atoms with van der Waals surface area (Å²) in [5, 5.41) is 0. The Bertz CT molecular complexity index is 438. The maximum Gasteiger partial charge on any atom is 1.00 e. The molecule has 1 saturated heterocycles. The Balaban J connectivity index is 0.00000200. The van der Waals surface area contributed by atoms with Gasteiger partial charge in [0.2, 0.25) is 0 Å². The Hall–Kier alpha value is 0.401. The van der Waals surface area contributed by atoms with Crippen LogP contribution in [0, 0.1) is 5.82 Å². The summed E-state index contributed by atoms with van der Waals surface area (Å²) in [5.74, 6) is -1.19. The standard InChI is InChI=1S/C12H15BF4NO.K/c14-10-3-4-12(11(9-10)13(15,16)17)19-8-7-18-5-1-2-6-18;/h3-4,9H,1-2,5-8H2;/q-1;+1. The van der Waals surface area contributed by atoms with E-state index in [1.54, 1.807) is 0 Å². The third-order valence-electron chi connectivity index (χ3n) is 3.19. The zero-order valence-corrected chi connectivity index (χ0v) is 14.5. The Morgan fingerprint density at radius 3 is 2.40 bits per heavy atom. The summed E-state index contributed by atoms with van der Waals surface area (Å²) < 4.78 is 56.3. The Labute approximate surface area is 158 Å². The van der Waals surface area contributed by atoms with Crippen LogP contribution >= 0.6 is 0 Å². The fourth-order valence-electron chi connectivity index (χ4n) is 2.20. The predicted octanol–water partition coefficient (Wildman–Crippen LogP) is -0.641. The van der Waals surface area contributed by atoms with Crippen LogP contribution in [0.5, 0.6) is 5.75 Å². The number of benzene rings is 1. The molecule has 2 nitrogen and oxygen atoms in total. The topological polar surface area (TPSA) is 12.5 Å². The Morgan fingerprint density at radius 2 is 1.80 bits per heavy atom. The molecule has 1 aromatic carbocycles. The van der Waals surface area contributed by atoms with Crippen molar-refractivity contribution in [1.82, 2.24) is 4.90 Å². The molecule has 8 heteroatoms. The first-order valence-corrected chi connectivity index (χ1v) is 6.31. The molecule has 1 fully saturated rings. The third kappa shape index (κ3) is 5.31. The van der Waals surface area contributed by atoms with Crippen molar-refractivity contribution in [2.24, 2.45) is 0 Å². The first kappa shape index (κ1) is 18.5. The maximum atomic E-state index is 12.9. The molecule has 0 radical (unpaired) electrons. The SMILES string of the molecule is Fc1ccc(OCCN2CCCC2)c([B-](F)(F)F)c1.[K+]. The first-order valence-electron chi connectivity index (χ1n) is 6.31. The van der Waals surface area contributed by atoms with Gasteiger partial charge in [-0.3, -0.25) is 4.90 Å². The number of rotatable bonds is 5. The molecule has 0 spiro atoms. The zero-order valence-electron chi connectivity index (χ0n) is 11.4. The van der Waals surface area contributed by atoms with Crippen LogP contribution in [-0.2, 0) is 0 Å². The van der Waals surface area contributed by atoms with Crippen molar-refractivity contribution in [3.63, 3.8) is 0 Å². The molecule has 106 valence electrons. The van der Waals surface area contributed by atoms with E-state index in [0.717, 1.165) is 38.1 Å². The molecule has 0 aliphatic carbocycles. The molecule has 0 unspecified atom stereocenters. The predicted molar refractivity (Wildman–Crippen MR) is 66.3 cm³/mol. The molecular formula is C12H15BF4KNO. The van der Waals surface area contributed by atoms with Crippen molar-refractivity contribution in [2.75, 3.05) is 26.2 Å². The normalized spacial score (nSPS) is 16.0. The number of hydrogen-bond donors (Lipinski definition) is 0. The van der Waals surface area contributed by atoms with Crippen LogP contribution in [0.3, 0.4) is 0 Å². The minimum Gasteiger partial charge on any atom is -0.495 e. The molecule has 0 amide bonds. The van der Waals surface area contributed by atoms with Gasteiger partial charge < -0.3 is 17.7 Å². The van der Waals surface area contributed by atoms with Gasteiger partial charge in [0, 0.05) is 6.54 Å². The van der Waals surface area contributed by atoms with Crippen LogP contribution in [-0.4, -0.2) is 38.1 Å². The molecule has 0 bridgehead atoms. The molecule has 1 aliphatic heterocycles. The first-order chi connectivity index (χ1) is 8.97. The van der Waals surface area contributed by atoms with Gasteiger partial charge in [0.1, 0.15) is 12.4 Å². The molecule has 1 heterocycles. The number of hydrogen-bond acceptors (Lipinski definition) is 2. The van der Waals surface area contributed by atoms with Crippen molar-refractivity contribution >= 4 is 12.4 Å². The van der Waals surface area contributed by atoms with E-state index in [0.29, 0.717) is 12.6 Å². The molecule has 2 rings (SSSR count). The third-order valence-corrected chi connectivity index (χ3v) is 3.19. The van der Waals surface area contributed by atoms with E-state index in [2.05, 4.69) is 4.90 Å². The molecule has 0 aromatic heterocycles. The van der Waals surface area contributed by atoms with Crippen molar-refractivity contribution in [2.45, 2.75) is 12.8 Å². The Kier molecular flexibility index (Phi) is 7.51. The zero-order chi connectivity index (χ0) is 13.9. The van der Waals surface area contributed by atoms with E-state index >= 15 is 0 Å². The molecule has 0 atom stereocenters. The second-order valence-corrected chi connectivity index (χ2v) is 4.65. The number of likely N-dealkylation sites (tertiary alicyclic amines) is 1. The van der Waals surface area contributed by atoms with E-state index in [1.165, 1.54) is 0 Å². The Morgan fingerprint density at radius 1 is 1.15 bits per heavy atom. The van der Waals surface area contributed by atoms with Crippen LogP contribution in [0.15, 0.2) is 18.2 Å². The van der Waals surface area contributed by atoms with Crippen molar-refractivity contribution in [3.8, 4) is 5.75 Å². The summed E-state index contributed by atoms with van der Waals surface area (Å²) >= 11 is 0. The summed E-state index contributed by atoms with van der Waals surface area (Å²) in [6, 6.07) is 2.52. The van der Waals surface area contributed by atoms with Gasteiger partial charge in [0.15, 0.2) is 0 Å². The average molecular weight is 315 g/mol. The van der Waals surface area contributed by atoms with E-state index in [4.69, 9.17) is 4.74 Å². The summed E-state index contributed by atoms with van der Waals surface area (Å²) in [7, 11) is 0. The maximum absolute atomic E-state index is 12.9. The van der Waals surface area contributed by atoms with Gasteiger partial charge in [-0.15, -0.1) is 0 Å². The second-order valence-electron chi connectivity index (χ2n) is 4.65. The molecule has 0 N–H and O–H groups in total. The summed E-state index contributed by atoms with van der Waals surface area (Å²) in [6.07, 6.45) is 2.24. The second kappa shape index (κ2) is 8.14. The monoisotopic (exact) mass is 315 g/mol. The smallest absolute Gasteiger partial charge is 0.495 e. The van der Waals surface area contributed by atoms with Gasteiger partial charge in [-0.05, 0) is 44.1 Å². The molecule has 1 aromatic rings. The van der Waals surface area contributed by atoms with Gasteiger partial charge in [0.25, 0.3) is 0 Å². The van der Waals surface area contributed by atoms with Crippen LogP contribution in [0.2, 0.25) is 0 Å². The summed E-state index contributed by atoms with van der Waals surface area (Å²) in [6.45, 7) is -2.56. The quantitative estimate of drug-likeness (QED) is 0.529. The number of nitrogens with zero attached hydrogens (tertiary/aromatic N) is 1. The summed E-state index contributed by atoms with van der Waals surface area (Å²) in [4.78, 5) is 2.14. The van der Waals surface area contributed by atoms with Crippen molar-refractivity contribution < 1.29 is 73.5 Å². The minimum absolute atomic E-state index is 0.